The van der Waals surface area contributed by atoms with Crippen LogP contribution in [0.4, 0.5) is 5.69 Å². The van der Waals surface area contributed by atoms with E-state index in [0.717, 1.165) is 5.69 Å². The van der Waals surface area contributed by atoms with E-state index in [1.807, 2.05) is 20.8 Å². The molecule has 16 heavy (non-hydrogen) atoms. The molecule has 1 aromatic heterocycles. The van der Waals surface area contributed by atoms with Crippen LogP contribution in [0.25, 0.3) is 0 Å². The number of carbonyl (C=O) groups is 1. The summed E-state index contributed by atoms with van der Waals surface area (Å²) in [6.07, 6.45) is 3.43. The fraction of sp³-hybridized carbons (Fsp3) is 0.545. The molecule has 0 radical (unpaired) electrons. The lowest BCUT2D eigenvalue weighted by atomic mass is 10.2. The Balaban J connectivity index is 2.43. The van der Waals surface area contributed by atoms with Gasteiger partial charge in [-0.2, -0.15) is 0 Å². The molecular formula is C11H18N2O3. The molecule has 0 saturated heterocycles. The monoisotopic (exact) mass is 226 g/mol. The van der Waals surface area contributed by atoms with Crippen molar-refractivity contribution in [2.75, 3.05) is 19.0 Å². The van der Waals surface area contributed by atoms with Crippen LogP contribution in [0.5, 0.6) is 5.75 Å². The Labute approximate surface area is 95.1 Å². The number of ether oxygens (including phenoxy) is 2. The summed E-state index contributed by atoms with van der Waals surface area (Å²) < 4.78 is 10.2. The van der Waals surface area contributed by atoms with Gasteiger partial charge in [-0.3, -0.25) is 4.79 Å². The summed E-state index contributed by atoms with van der Waals surface area (Å²) in [5.74, 6) is 0.374. The van der Waals surface area contributed by atoms with E-state index in [4.69, 9.17) is 9.47 Å². The first-order valence-electron chi connectivity index (χ1n) is 5.09. The standard InChI is InChI=1S/C11H18N2O3/c1-11(2,3)16-10(14)7-13-8-5-12-6-9(8)15-4/h5-6,12-13H,7H2,1-4H3. The van der Waals surface area contributed by atoms with Crippen LogP contribution in [0.1, 0.15) is 20.8 Å². The van der Waals surface area contributed by atoms with Gasteiger partial charge >= 0.3 is 5.97 Å². The van der Waals surface area contributed by atoms with Gasteiger partial charge in [0.25, 0.3) is 0 Å². The maximum Gasteiger partial charge on any atom is 0.325 e. The number of H-pyrrole nitrogens is 1. The topological polar surface area (TPSA) is 63.3 Å². The smallest absolute Gasteiger partial charge is 0.325 e. The predicted octanol–water partition coefficient (Wildman–Crippen LogP) is 1.78. The van der Waals surface area contributed by atoms with Crippen LogP contribution in [0, 0.1) is 0 Å². The number of nitrogens with one attached hydrogen (secondary N) is 2. The molecule has 0 saturated carbocycles. The van der Waals surface area contributed by atoms with Crippen molar-refractivity contribution in [2.45, 2.75) is 26.4 Å². The van der Waals surface area contributed by atoms with Crippen LogP contribution in [-0.2, 0) is 9.53 Å². The number of carbonyl (C=O) groups excluding carboxylic acids is 1. The number of methoxy groups -OCH3 is 1. The van der Waals surface area contributed by atoms with Gasteiger partial charge in [0.2, 0.25) is 0 Å². The first-order chi connectivity index (χ1) is 7.42. The minimum atomic E-state index is -0.457. The summed E-state index contributed by atoms with van der Waals surface area (Å²) in [6, 6.07) is 0. The Bertz CT molecular complexity index is 352. The van der Waals surface area contributed by atoms with Gasteiger partial charge in [-0.1, -0.05) is 0 Å². The molecule has 1 heterocycles. The highest BCUT2D eigenvalue weighted by Gasteiger charge is 2.16. The van der Waals surface area contributed by atoms with Gasteiger partial charge in [0.15, 0.2) is 5.75 Å². The number of anilines is 1. The molecule has 0 spiro atoms. The Morgan fingerprint density at radius 2 is 2.12 bits per heavy atom. The molecule has 0 aliphatic heterocycles. The summed E-state index contributed by atoms with van der Waals surface area (Å²) in [6.45, 7) is 5.62. The van der Waals surface area contributed by atoms with Gasteiger partial charge in [0, 0.05) is 12.4 Å². The van der Waals surface area contributed by atoms with Crippen LogP contribution in [0.3, 0.4) is 0 Å². The van der Waals surface area contributed by atoms with E-state index in [0.29, 0.717) is 5.75 Å². The van der Waals surface area contributed by atoms with Crippen molar-refractivity contribution in [3.05, 3.63) is 12.4 Å². The molecule has 0 aromatic carbocycles. The Morgan fingerprint density at radius 3 is 2.69 bits per heavy atom. The van der Waals surface area contributed by atoms with Crippen LogP contribution < -0.4 is 10.1 Å². The summed E-state index contributed by atoms with van der Waals surface area (Å²) in [5.41, 5.74) is 0.287. The summed E-state index contributed by atoms with van der Waals surface area (Å²) in [5, 5.41) is 2.94. The quantitative estimate of drug-likeness (QED) is 0.768. The number of esters is 1. The lowest BCUT2D eigenvalue weighted by Crippen LogP contribution is -2.28. The first-order valence-corrected chi connectivity index (χ1v) is 5.09. The molecule has 5 nitrogen and oxygen atoms in total. The van der Waals surface area contributed by atoms with E-state index in [1.165, 1.54) is 0 Å². The lowest BCUT2D eigenvalue weighted by molar-refractivity contribution is -0.152. The second-order valence-corrected chi connectivity index (χ2v) is 4.38. The second-order valence-electron chi connectivity index (χ2n) is 4.38. The average Bonchev–Trinajstić information content (AvgIpc) is 2.59. The SMILES string of the molecule is COc1c[nH]cc1NCC(=O)OC(C)(C)C. The van der Waals surface area contributed by atoms with Crippen molar-refractivity contribution in [3.8, 4) is 5.75 Å². The molecule has 1 rings (SSSR count). The molecule has 0 aliphatic carbocycles. The lowest BCUT2D eigenvalue weighted by Gasteiger charge is -2.19. The molecular weight excluding hydrogens is 208 g/mol. The first kappa shape index (κ1) is 12.4. The zero-order chi connectivity index (χ0) is 12.2. The normalized spacial score (nSPS) is 11.0. The Morgan fingerprint density at radius 1 is 1.44 bits per heavy atom. The van der Waals surface area contributed by atoms with Crippen molar-refractivity contribution in [1.29, 1.82) is 0 Å². The Kier molecular flexibility index (Phi) is 3.82. The number of aromatic nitrogens is 1. The molecule has 0 fully saturated rings. The van der Waals surface area contributed by atoms with Crippen molar-refractivity contribution in [2.24, 2.45) is 0 Å². The summed E-state index contributed by atoms with van der Waals surface area (Å²) in [7, 11) is 1.57. The minimum Gasteiger partial charge on any atom is -0.493 e. The zero-order valence-electron chi connectivity index (χ0n) is 10.1. The van der Waals surface area contributed by atoms with Crippen LogP contribution >= 0.6 is 0 Å². The number of hydrogen-bond acceptors (Lipinski definition) is 4. The fourth-order valence-electron chi connectivity index (χ4n) is 1.20. The average molecular weight is 226 g/mol. The summed E-state index contributed by atoms with van der Waals surface area (Å²) >= 11 is 0. The van der Waals surface area contributed by atoms with Gasteiger partial charge in [0.1, 0.15) is 12.1 Å². The highest BCUT2D eigenvalue weighted by molar-refractivity contribution is 5.76. The van der Waals surface area contributed by atoms with Gasteiger partial charge in [-0.05, 0) is 20.8 Å². The van der Waals surface area contributed by atoms with Crippen molar-refractivity contribution in [1.82, 2.24) is 4.98 Å². The largest absolute Gasteiger partial charge is 0.493 e. The fourth-order valence-corrected chi connectivity index (χ4v) is 1.20. The molecule has 0 aliphatic rings. The molecule has 90 valence electrons. The van der Waals surface area contributed by atoms with Crippen molar-refractivity contribution in [3.63, 3.8) is 0 Å². The van der Waals surface area contributed by atoms with Gasteiger partial charge in [-0.15, -0.1) is 0 Å². The molecule has 5 heteroatoms. The van der Waals surface area contributed by atoms with Crippen LogP contribution in [-0.4, -0.2) is 30.2 Å². The molecule has 0 bridgehead atoms. The summed E-state index contributed by atoms with van der Waals surface area (Å²) in [4.78, 5) is 14.3. The van der Waals surface area contributed by atoms with E-state index >= 15 is 0 Å². The third-order valence-corrected chi connectivity index (χ3v) is 1.77. The zero-order valence-corrected chi connectivity index (χ0v) is 10.1. The number of aromatic amines is 1. The van der Waals surface area contributed by atoms with E-state index in [1.54, 1.807) is 19.5 Å². The maximum absolute atomic E-state index is 11.4. The molecule has 0 amide bonds. The van der Waals surface area contributed by atoms with Gasteiger partial charge in [0.05, 0.1) is 12.8 Å². The van der Waals surface area contributed by atoms with Gasteiger partial charge < -0.3 is 19.8 Å². The maximum atomic E-state index is 11.4. The van der Waals surface area contributed by atoms with Gasteiger partial charge in [-0.25, -0.2) is 0 Å². The molecule has 2 N–H and O–H groups in total. The highest BCUT2D eigenvalue weighted by Crippen LogP contribution is 2.22. The third-order valence-electron chi connectivity index (χ3n) is 1.77. The second kappa shape index (κ2) is 4.92. The molecule has 0 atom stereocenters. The van der Waals surface area contributed by atoms with E-state index in [2.05, 4.69) is 10.3 Å². The Hall–Kier alpha value is -1.65. The van der Waals surface area contributed by atoms with Crippen molar-refractivity contribution < 1.29 is 14.3 Å². The van der Waals surface area contributed by atoms with E-state index in [-0.39, 0.29) is 12.5 Å². The van der Waals surface area contributed by atoms with Crippen LogP contribution in [0.15, 0.2) is 12.4 Å². The van der Waals surface area contributed by atoms with E-state index < -0.39 is 5.60 Å². The number of rotatable bonds is 4. The molecule has 1 aromatic rings. The van der Waals surface area contributed by atoms with Crippen LogP contribution in [0.2, 0.25) is 0 Å². The minimum absolute atomic E-state index is 0.117. The predicted molar refractivity (Wildman–Crippen MR) is 61.7 cm³/mol. The highest BCUT2D eigenvalue weighted by atomic mass is 16.6. The van der Waals surface area contributed by atoms with Crippen molar-refractivity contribution >= 4 is 11.7 Å². The van der Waals surface area contributed by atoms with E-state index in [9.17, 15) is 4.79 Å². The number of hydrogen-bond donors (Lipinski definition) is 2. The third kappa shape index (κ3) is 3.84. The molecule has 0 unspecified atom stereocenters.